The number of nitrogens with two attached hydrogens (primary N) is 1. The highest BCUT2D eigenvalue weighted by Gasteiger charge is 2.17. The largest absolute Gasteiger partial charge is 0.365 e. The Kier molecular flexibility index (Phi) is 5.23. The number of primary amides is 1. The molecule has 0 fully saturated rings. The molecule has 0 aromatic heterocycles. The number of allylic oxidation sites excluding steroid dienone is 3. The Morgan fingerprint density at radius 3 is 2.21 bits per heavy atom. The molecule has 78 valence electrons. The van der Waals surface area contributed by atoms with Gasteiger partial charge in [-0.3, -0.25) is 9.59 Å². The summed E-state index contributed by atoms with van der Waals surface area (Å²) in [4.78, 5) is 22.8. The van der Waals surface area contributed by atoms with E-state index >= 15 is 0 Å². The van der Waals surface area contributed by atoms with Gasteiger partial charge in [-0.1, -0.05) is 18.6 Å². The third-order valence-corrected chi connectivity index (χ3v) is 2.53. The molecule has 0 aromatic carbocycles. The molecule has 0 saturated heterocycles. The number of thiol groups is 1. The maximum absolute atomic E-state index is 11.6. The van der Waals surface area contributed by atoms with Crippen LogP contribution >= 0.6 is 12.6 Å². The first-order chi connectivity index (χ1) is 6.45. The van der Waals surface area contributed by atoms with E-state index in [0.29, 0.717) is 4.91 Å². The Morgan fingerprint density at radius 2 is 1.93 bits per heavy atom. The smallest absolute Gasteiger partial charge is 0.252 e. The molecule has 0 aliphatic heterocycles. The van der Waals surface area contributed by atoms with Crippen molar-refractivity contribution in [2.24, 2.45) is 5.73 Å². The lowest BCUT2D eigenvalue weighted by molar-refractivity contribution is -0.118. The maximum atomic E-state index is 11.6. The van der Waals surface area contributed by atoms with E-state index in [4.69, 9.17) is 5.73 Å². The minimum absolute atomic E-state index is 0.0113. The van der Waals surface area contributed by atoms with Gasteiger partial charge in [0, 0.05) is 0 Å². The first-order valence-electron chi connectivity index (χ1n) is 4.35. The normalized spacial score (nSPS) is 13.6. The van der Waals surface area contributed by atoms with Crippen LogP contribution in [-0.4, -0.2) is 11.7 Å². The third-order valence-electron chi connectivity index (χ3n) is 1.95. The highest BCUT2D eigenvalue weighted by atomic mass is 32.1. The Labute approximate surface area is 89.5 Å². The van der Waals surface area contributed by atoms with E-state index < -0.39 is 11.7 Å². The van der Waals surface area contributed by atoms with Crippen molar-refractivity contribution in [3.63, 3.8) is 0 Å². The SMILES string of the molecule is C/C=C(/C(N)=O)C(=O)/C(S)=C(/C)CC. The quantitative estimate of drug-likeness (QED) is 0.322. The monoisotopic (exact) mass is 213 g/mol. The summed E-state index contributed by atoms with van der Waals surface area (Å²) in [5.74, 6) is -1.12. The average Bonchev–Trinajstić information content (AvgIpc) is 2.15. The van der Waals surface area contributed by atoms with Gasteiger partial charge in [0.25, 0.3) is 5.91 Å². The van der Waals surface area contributed by atoms with E-state index in [1.807, 2.05) is 6.92 Å². The van der Waals surface area contributed by atoms with Gasteiger partial charge in [-0.2, -0.15) is 0 Å². The number of carbonyl (C=O) groups is 2. The van der Waals surface area contributed by atoms with E-state index in [2.05, 4.69) is 12.6 Å². The second kappa shape index (κ2) is 5.65. The van der Waals surface area contributed by atoms with Crippen molar-refractivity contribution in [3.05, 3.63) is 22.1 Å². The Balaban J connectivity index is 5.07. The van der Waals surface area contributed by atoms with Crippen LogP contribution in [0.15, 0.2) is 22.1 Å². The summed E-state index contributed by atoms with van der Waals surface area (Å²) in [7, 11) is 0. The molecule has 0 atom stereocenters. The second-order valence-corrected chi connectivity index (χ2v) is 3.33. The zero-order valence-electron chi connectivity index (χ0n) is 8.63. The summed E-state index contributed by atoms with van der Waals surface area (Å²) in [6, 6.07) is 0. The van der Waals surface area contributed by atoms with Gasteiger partial charge in [0.15, 0.2) is 0 Å². The fourth-order valence-corrected chi connectivity index (χ4v) is 1.15. The van der Waals surface area contributed by atoms with Crippen LogP contribution in [0.25, 0.3) is 0 Å². The predicted molar refractivity (Wildman–Crippen MR) is 59.9 cm³/mol. The van der Waals surface area contributed by atoms with E-state index in [1.54, 1.807) is 13.8 Å². The summed E-state index contributed by atoms with van der Waals surface area (Å²) in [6.07, 6.45) is 2.13. The summed E-state index contributed by atoms with van der Waals surface area (Å²) < 4.78 is 0. The van der Waals surface area contributed by atoms with Crippen molar-refractivity contribution < 1.29 is 9.59 Å². The number of rotatable bonds is 4. The maximum Gasteiger partial charge on any atom is 0.252 e. The molecule has 0 heterocycles. The molecule has 0 saturated carbocycles. The number of hydrogen-bond donors (Lipinski definition) is 2. The standard InChI is InChI=1S/C10H15NO2S/c1-4-6(3)9(14)8(12)7(5-2)10(11)13/h5,14H,4H2,1-3H3,(H2,11,13)/b7-5+,9-6+. The molecule has 3 nitrogen and oxygen atoms in total. The van der Waals surface area contributed by atoms with Crippen molar-refractivity contribution in [2.45, 2.75) is 27.2 Å². The van der Waals surface area contributed by atoms with E-state index in [0.717, 1.165) is 12.0 Å². The van der Waals surface area contributed by atoms with Crippen LogP contribution in [0.2, 0.25) is 0 Å². The average molecular weight is 213 g/mol. The summed E-state index contributed by atoms with van der Waals surface area (Å²) in [5, 5.41) is 0. The van der Waals surface area contributed by atoms with Gasteiger partial charge in [0.05, 0.1) is 10.5 Å². The predicted octanol–water partition coefficient (Wildman–Crippen LogP) is 1.60. The van der Waals surface area contributed by atoms with Crippen LogP contribution in [0, 0.1) is 0 Å². The second-order valence-electron chi connectivity index (χ2n) is 2.88. The van der Waals surface area contributed by atoms with Crippen LogP contribution < -0.4 is 5.73 Å². The molecule has 0 unspecified atom stereocenters. The van der Waals surface area contributed by atoms with E-state index in [-0.39, 0.29) is 5.57 Å². The van der Waals surface area contributed by atoms with Crippen molar-refractivity contribution >= 4 is 24.3 Å². The lowest BCUT2D eigenvalue weighted by Crippen LogP contribution is -2.21. The van der Waals surface area contributed by atoms with Crippen molar-refractivity contribution in [1.29, 1.82) is 0 Å². The first-order valence-corrected chi connectivity index (χ1v) is 4.79. The topological polar surface area (TPSA) is 60.2 Å². The lowest BCUT2D eigenvalue weighted by atomic mass is 10.1. The minimum atomic E-state index is -0.715. The lowest BCUT2D eigenvalue weighted by Gasteiger charge is -2.04. The number of ketones is 1. The molecule has 0 aromatic rings. The summed E-state index contributed by atoms with van der Waals surface area (Å²) >= 11 is 4.07. The van der Waals surface area contributed by atoms with Gasteiger partial charge in [-0.15, -0.1) is 12.6 Å². The van der Waals surface area contributed by atoms with E-state index in [1.165, 1.54) is 6.08 Å². The molecule has 0 bridgehead atoms. The van der Waals surface area contributed by atoms with Gasteiger partial charge < -0.3 is 5.73 Å². The number of amides is 1. The van der Waals surface area contributed by atoms with Crippen LogP contribution in [0.4, 0.5) is 0 Å². The third kappa shape index (κ3) is 3.03. The number of carbonyl (C=O) groups excluding carboxylic acids is 2. The van der Waals surface area contributed by atoms with Crippen LogP contribution in [0.3, 0.4) is 0 Å². The minimum Gasteiger partial charge on any atom is -0.365 e. The van der Waals surface area contributed by atoms with Crippen molar-refractivity contribution in [1.82, 2.24) is 0 Å². The molecule has 0 radical (unpaired) electrons. The molecular formula is C10H15NO2S. The van der Waals surface area contributed by atoms with Gasteiger partial charge in [-0.25, -0.2) is 0 Å². The molecule has 4 heteroatoms. The molecule has 14 heavy (non-hydrogen) atoms. The molecular weight excluding hydrogens is 198 g/mol. The summed E-state index contributed by atoms with van der Waals surface area (Å²) in [6.45, 7) is 5.31. The number of hydrogen-bond acceptors (Lipinski definition) is 3. The summed E-state index contributed by atoms with van der Waals surface area (Å²) in [5.41, 5.74) is 5.88. The fraction of sp³-hybridized carbons (Fsp3) is 0.400. The van der Waals surface area contributed by atoms with Crippen molar-refractivity contribution in [3.8, 4) is 0 Å². The molecule has 0 rings (SSSR count). The highest BCUT2D eigenvalue weighted by Crippen LogP contribution is 2.16. The highest BCUT2D eigenvalue weighted by molar-refractivity contribution is 7.85. The van der Waals surface area contributed by atoms with Gasteiger partial charge in [0.2, 0.25) is 5.78 Å². The van der Waals surface area contributed by atoms with E-state index in [9.17, 15) is 9.59 Å². The van der Waals surface area contributed by atoms with Gasteiger partial charge in [0.1, 0.15) is 0 Å². The van der Waals surface area contributed by atoms with Crippen molar-refractivity contribution in [2.75, 3.05) is 0 Å². The van der Waals surface area contributed by atoms with Gasteiger partial charge >= 0.3 is 0 Å². The number of Topliss-reactive ketones (excluding diaryl/α,β-unsaturated/α-hetero) is 1. The zero-order valence-corrected chi connectivity index (χ0v) is 9.52. The Hall–Kier alpha value is -1.03. The molecule has 0 spiro atoms. The Bertz CT molecular complexity index is 316. The Morgan fingerprint density at radius 1 is 1.43 bits per heavy atom. The van der Waals surface area contributed by atoms with Crippen LogP contribution in [-0.2, 0) is 9.59 Å². The van der Waals surface area contributed by atoms with Crippen LogP contribution in [0.1, 0.15) is 27.2 Å². The molecule has 0 aliphatic rings. The molecule has 2 N–H and O–H groups in total. The zero-order chi connectivity index (χ0) is 11.3. The first kappa shape index (κ1) is 13.0. The molecule has 0 aliphatic carbocycles. The van der Waals surface area contributed by atoms with Gasteiger partial charge in [-0.05, 0) is 20.3 Å². The fourth-order valence-electron chi connectivity index (χ4n) is 0.874. The molecule has 1 amide bonds. The van der Waals surface area contributed by atoms with Crippen LogP contribution in [0.5, 0.6) is 0 Å².